The lowest BCUT2D eigenvalue weighted by Crippen LogP contribution is -2.29. The van der Waals surface area contributed by atoms with E-state index in [1.807, 2.05) is 0 Å². The van der Waals surface area contributed by atoms with Gasteiger partial charge in [0.15, 0.2) is 5.52 Å². The van der Waals surface area contributed by atoms with Crippen molar-refractivity contribution in [3.8, 4) is 17.5 Å². The summed E-state index contributed by atoms with van der Waals surface area (Å²) in [7, 11) is 0. The molecule has 0 bridgehead atoms. The maximum atomic E-state index is 11.0. The third-order valence-electron chi connectivity index (χ3n) is 4.11. The van der Waals surface area contributed by atoms with Crippen LogP contribution < -0.4 is 9.47 Å². The summed E-state index contributed by atoms with van der Waals surface area (Å²) in [6, 6.07) is 4.91. The minimum Gasteiger partial charge on any atom is -0.472 e. The summed E-state index contributed by atoms with van der Waals surface area (Å²) in [5.74, 6) is 0.876. The Hall–Kier alpha value is -2.91. The van der Waals surface area contributed by atoms with E-state index in [4.69, 9.17) is 37.8 Å². The zero-order chi connectivity index (χ0) is 19.7. The second-order valence-electron chi connectivity index (χ2n) is 6.00. The van der Waals surface area contributed by atoms with Crippen LogP contribution in [0.15, 0.2) is 30.7 Å². The number of hydrogen-bond donors (Lipinski definition) is 1. The number of likely N-dealkylation sites (tertiary alicyclic amines) is 1. The van der Waals surface area contributed by atoms with Gasteiger partial charge in [-0.05, 0) is 6.07 Å². The van der Waals surface area contributed by atoms with Crippen molar-refractivity contribution in [1.82, 2.24) is 24.8 Å². The molecule has 1 amide bonds. The number of carboxylic acid groups (broad SMARTS) is 1. The molecule has 3 aromatic rings. The first-order valence-electron chi connectivity index (χ1n) is 8.25. The molecule has 0 aromatic carbocycles. The topological polar surface area (TPSA) is 111 Å². The lowest BCUT2D eigenvalue weighted by molar-refractivity contribution is 0.144. The fraction of sp³-hybridized carbons (Fsp3) is 0.235. The molecule has 9 nitrogen and oxygen atoms in total. The number of hydrogen-bond acceptors (Lipinski definition) is 7. The molecule has 1 N–H and O–H groups in total. The summed E-state index contributed by atoms with van der Waals surface area (Å²) >= 11 is 11.8. The smallest absolute Gasteiger partial charge is 0.407 e. The largest absolute Gasteiger partial charge is 0.472 e. The highest BCUT2D eigenvalue weighted by Gasteiger charge is 2.27. The van der Waals surface area contributed by atoms with E-state index in [-0.39, 0.29) is 22.2 Å². The molecule has 4 heterocycles. The van der Waals surface area contributed by atoms with Gasteiger partial charge in [-0.25, -0.2) is 19.7 Å². The molecule has 0 saturated carbocycles. The SMILES string of the molecule is O=C(O)N1CC[C@H](Oc2ccc3ncnc(Oc4cnc(Cl)c(Cl)c4)c3n2)C1. The number of halogens is 2. The number of ether oxygens (including phenoxy) is 2. The van der Waals surface area contributed by atoms with E-state index in [2.05, 4.69) is 19.9 Å². The molecule has 1 aliphatic heterocycles. The van der Waals surface area contributed by atoms with Gasteiger partial charge in [-0.2, -0.15) is 4.98 Å². The minimum absolute atomic E-state index is 0.169. The van der Waals surface area contributed by atoms with Crippen LogP contribution in [-0.2, 0) is 0 Å². The first-order valence-corrected chi connectivity index (χ1v) is 9.00. The summed E-state index contributed by atoms with van der Waals surface area (Å²) < 4.78 is 11.6. The molecule has 0 unspecified atom stereocenters. The summed E-state index contributed by atoms with van der Waals surface area (Å²) in [6.07, 6.45) is 2.13. The van der Waals surface area contributed by atoms with Gasteiger partial charge in [0.2, 0.25) is 11.8 Å². The normalized spacial score (nSPS) is 16.4. The minimum atomic E-state index is -0.961. The van der Waals surface area contributed by atoms with E-state index in [0.29, 0.717) is 42.2 Å². The second-order valence-corrected chi connectivity index (χ2v) is 6.76. The van der Waals surface area contributed by atoms with Crippen LogP contribution in [0.4, 0.5) is 4.79 Å². The molecule has 1 saturated heterocycles. The highest BCUT2D eigenvalue weighted by atomic mass is 35.5. The molecular formula is C17H13Cl2N5O4. The van der Waals surface area contributed by atoms with Gasteiger partial charge >= 0.3 is 6.09 Å². The molecule has 1 aliphatic rings. The van der Waals surface area contributed by atoms with Crippen molar-refractivity contribution in [3.63, 3.8) is 0 Å². The van der Waals surface area contributed by atoms with E-state index < -0.39 is 6.09 Å². The number of carbonyl (C=O) groups is 1. The predicted molar refractivity (Wildman–Crippen MR) is 100 cm³/mol. The molecule has 1 fully saturated rings. The van der Waals surface area contributed by atoms with Crippen LogP contribution in [0.2, 0.25) is 10.2 Å². The summed E-state index contributed by atoms with van der Waals surface area (Å²) in [4.78, 5) is 29.0. The maximum absolute atomic E-state index is 11.0. The summed E-state index contributed by atoms with van der Waals surface area (Å²) in [5, 5.41) is 9.47. The molecule has 3 aromatic heterocycles. The van der Waals surface area contributed by atoms with Crippen molar-refractivity contribution < 1.29 is 19.4 Å². The van der Waals surface area contributed by atoms with Crippen LogP contribution in [0.1, 0.15) is 6.42 Å². The Balaban J connectivity index is 1.59. The number of aromatic nitrogens is 4. The Labute approximate surface area is 168 Å². The molecule has 0 aliphatic carbocycles. The molecule has 4 rings (SSSR count). The van der Waals surface area contributed by atoms with Crippen LogP contribution in [-0.4, -0.2) is 55.2 Å². The van der Waals surface area contributed by atoms with Gasteiger partial charge in [0, 0.05) is 25.1 Å². The third kappa shape index (κ3) is 3.85. The fourth-order valence-electron chi connectivity index (χ4n) is 2.78. The Bertz CT molecular complexity index is 1050. The molecule has 11 heteroatoms. The average Bonchev–Trinajstić information content (AvgIpc) is 3.14. The van der Waals surface area contributed by atoms with Crippen LogP contribution in [0.25, 0.3) is 11.0 Å². The van der Waals surface area contributed by atoms with Crippen molar-refractivity contribution >= 4 is 40.3 Å². The van der Waals surface area contributed by atoms with E-state index in [1.54, 1.807) is 12.1 Å². The van der Waals surface area contributed by atoms with E-state index in [9.17, 15) is 4.79 Å². The van der Waals surface area contributed by atoms with Gasteiger partial charge in [0.25, 0.3) is 0 Å². The lowest BCUT2D eigenvalue weighted by Gasteiger charge is -2.14. The first-order chi connectivity index (χ1) is 13.5. The van der Waals surface area contributed by atoms with Crippen molar-refractivity contribution in [3.05, 3.63) is 40.9 Å². The van der Waals surface area contributed by atoms with Crippen molar-refractivity contribution in [2.45, 2.75) is 12.5 Å². The molecule has 28 heavy (non-hydrogen) atoms. The number of amides is 1. The monoisotopic (exact) mass is 421 g/mol. The number of fused-ring (bicyclic) bond motifs is 1. The van der Waals surface area contributed by atoms with Gasteiger partial charge in [-0.3, -0.25) is 0 Å². The molecule has 0 spiro atoms. The Morgan fingerprint density at radius 2 is 2.11 bits per heavy atom. The highest BCUT2D eigenvalue weighted by molar-refractivity contribution is 6.41. The van der Waals surface area contributed by atoms with E-state index in [1.165, 1.54) is 23.5 Å². The van der Waals surface area contributed by atoms with Gasteiger partial charge < -0.3 is 19.5 Å². The fourth-order valence-corrected chi connectivity index (χ4v) is 3.04. The summed E-state index contributed by atoms with van der Waals surface area (Å²) in [5.41, 5.74) is 0.947. The Morgan fingerprint density at radius 3 is 2.86 bits per heavy atom. The average molecular weight is 422 g/mol. The highest BCUT2D eigenvalue weighted by Crippen LogP contribution is 2.30. The van der Waals surface area contributed by atoms with Crippen LogP contribution in [0.3, 0.4) is 0 Å². The summed E-state index contributed by atoms with van der Waals surface area (Å²) in [6.45, 7) is 0.716. The molecule has 1 atom stereocenters. The Morgan fingerprint density at radius 1 is 1.25 bits per heavy atom. The molecular weight excluding hydrogens is 409 g/mol. The molecule has 0 radical (unpaired) electrons. The van der Waals surface area contributed by atoms with Crippen LogP contribution >= 0.6 is 23.2 Å². The van der Waals surface area contributed by atoms with Crippen molar-refractivity contribution in [2.24, 2.45) is 0 Å². The zero-order valence-corrected chi connectivity index (χ0v) is 15.8. The van der Waals surface area contributed by atoms with Crippen molar-refractivity contribution in [1.29, 1.82) is 0 Å². The van der Waals surface area contributed by atoms with Gasteiger partial charge in [-0.1, -0.05) is 23.2 Å². The van der Waals surface area contributed by atoms with Gasteiger partial charge in [-0.15, -0.1) is 0 Å². The third-order valence-corrected chi connectivity index (χ3v) is 4.80. The van der Waals surface area contributed by atoms with E-state index in [0.717, 1.165) is 0 Å². The number of rotatable bonds is 4. The van der Waals surface area contributed by atoms with Crippen molar-refractivity contribution in [2.75, 3.05) is 13.1 Å². The zero-order valence-electron chi connectivity index (χ0n) is 14.2. The Kier molecular flexibility index (Phi) is 5.01. The lowest BCUT2D eigenvalue weighted by atomic mass is 10.3. The standard InChI is InChI=1S/C17H13Cl2N5O4/c18-11-5-10(6-20-15(11)19)28-16-14-12(21-8-22-16)1-2-13(23-14)27-9-3-4-24(7-9)17(25)26/h1-2,5-6,8-9H,3-4,7H2,(H,25,26)/t9-/m0/s1. The van der Waals surface area contributed by atoms with E-state index >= 15 is 0 Å². The quantitative estimate of drug-likeness (QED) is 0.635. The molecule has 144 valence electrons. The van der Waals surface area contributed by atoms with Gasteiger partial charge in [0.05, 0.1) is 23.3 Å². The van der Waals surface area contributed by atoms with Crippen LogP contribution in [0.5, 0.6) is 17.5 Å². The number of nitrogens with zero attached hydrogens (tertiary/aromatic N) is 5. The predicted octanol–water partition coefficient (Wildman–Crippen LogP) is 3.65. The maximum Gasteiger partial charge on any atom is 0.407 e. The van der Waals surface area contributed by atoms with Gasteiger partial charge in [0.1, 0.15) is 23.3 Å². The first kappa shape index (κ1) is 18.5. The number of pyridine rings is 2. The van der Waals surface area contributed by atoms with Crippen LogP contribution in [0, 0.1) is 0 Å². The second kappa shape index (κ2) is 7.61.